The fraction of sp³-hybridized carbons (Fsp3) is 0.385. The van der Waals surface area contributed by atoms with Gasteiger partial charge in [-0.3, -0.25) is 0 Å². The fourth-order valence-corrected chi connectivity index (χ4v) is 3.88. The maximum atomic E-state index is 12.2. The molecule has 1 aromatic rings. The van der Waals surface area contributed by atoms with Gasteiger partial charge in [0.2, 0.25) is 10.0 Å². The first-order valence-corrected chi connectivity index (χ1v) is 8.40. The average Bonchev–Trinajstić information content (AvgIpc) is 2.37. The SMILES string of the molecule is Cc1cc(Br)cc(S(=O)(=O)NCC2=CCNCC2)c1. The summed E-state index contributed by atoms with van der Waals surface area (Å²) in [7, 11) is -3.45. The zero-order chi connectivity index (χ0) is 13.9. The summed E-state index contributed by atoms with van der Waals surface area (Å²) >= 11 is 3.32. The predicted octanol–water partition coefficient (Wildman–Crippen LogP) is 1.96. The maximum Gasteiger partial charge on any atom is 0.240 e. The van der Waals surface area contributed by atoms with Crippen molar-refractivity contribution in [2.45, 2.75) is 18.2 Å². The normalized spacial score (nSPS) is 16.2. The van der Waals surface area contributed by atoms with E-state index in [2.05, 4.69) is 26.0 Å². The third-order valence-corrected chi connectivity index (χ3v) is 4.81. The van der Waals surface area contributed by atoms with Crippen molar-refractivity contribution in [1.82, 2.24) is 10.0 Å². The molecule has 6 heteroatoms. The van der Waals surface area contributed by atoms with Gasteiger partial charge in [0, 0.05) is 17.6 Å². The second-order valence-corrected chi connectivity index (χ2v) is 7.29. The lowest BCUT2D eigenvalue weighted by molar-refractivity contribution is 0.582. The monoisotopic (exact) mass is 344 g/mol. The number of rotatable bonds is 4. The molecule has 1 aliphatic heterocycles. The molecule has 0 amide bonds. The van der Waals surface area contributed by atoms with Crippen LogP contribution in [0.15, 0.2) is 39.2 Å². The summed E-state index contributed by atoms with van der Waals surface area (Å²) in [6.45, 7) is 3.98. The summed E-state index contributed by atoms with van der Waals surface area (Å²) in [6.07, 6.45) is 2.93. The van der Waals surface area contributed by atoms with Gasteiger partial charge in [0.25, 0.3) is 0 Å². The number of nitrogens with one attached hydrogen (secondary N) is 2. The average molecular weight is 345 g/mol. The van der Waals surface area contributed by atoms with Crippen LogP contribution in [0.1, 0.15) is 12.0 Å². The molecule has 1 aliphatic rings. The smallest absolute Gasteiger partial charge is 0.240 e. The highest BCUT2D eigenvalue weighted by molar-refractivity contribution is 9.10. The van der Waals surface area contributed by atoms with Crippen LogP contribution in [0.4, 0.5) is 0 Å². The number of aryl methyl sites for hydroxylation is 1. The van der Waals surface area contributed by atoms with Gasteiger partial charge in [-0.15, -0.1) is 0 Å². The van der Waals surface area contributed by atoms with E-state index >= 15 is 0 Å². The van der Waals surface area contributed by atoms with Crippen LogP contribution in [0, 0.1) is 6.92 Å². The molecule has 4 nitrogen and oxygen atoms in total. The van der Waals surface area contributed by atoms with Gasteiger partial charge in [-0.2, -0.15) is 0 Å². The largest absolute Gasteiger partial charge is 0.313 e. The van der Waals surface area contributed by atoms with Crippen LogP contribution in [-0.4, -0.2) is 28.1 Å². The van der Waals surface area contributed by atoms with E-state index in [1.54, 1.807) is 12.1 Å². The number of hydrogen-bond acceptors (Lipinski definition) is 3. The van der Waals surface area contributed by atoms with E-state index < -0.39 is 10.0 Å². The molecule has 0 spiro atoms. The Morgan fingerprint density at radius 1 is 1.37 bits per heavy atom. The van der Waals surface area contributed by atoms with Crippen molar-refractivity contribution in [2.24, 2.45) is 0 Å². The van der Waals surface area contributed by atoms with E-state index in [1.165, 1.54) is 0 Å². The highest BCUT2D eigenvalue weighted by Crippen LogP contribution is 2.19. The van der Waals surface area contributed by atoms with E-state index in [0.29, 0.717) is 11.4 Å². The van der Waals surface area contributed by atoms with E-state index in [-0.39, 0.29) is 0 Å². The molecule has 1 aromatic carbocycles. The van der Waals surface area contributed by atoms with Crippen molar-refractivity contribution in [1.29, 1.82) is 0 Å². The highest BCUT2D eigenvalue weighted by Gasteiger charge is 2.15. The minimum absolute atomic E-state index is 0.300. The zero-order valence-electron chi connectivity index (χ0n) is 10.7. The molecule has 0 aliphatic carbocycles. The van der Waals surface area contributed by atoms with Crippen molar-refractivity contribution in [3.63, 3.8) is 0 Å². The van der Waals surface area contributed by atoms with Gasteiger partial charge in [0.1, 0.15) is 0 Å². The molecule has 0 atom stereocenters. The van der Waals surface area contributed by atoms with Gasteiger partial charge in [-0.1, -0.05) is 27.6 Å². The lowest BCUT2D eigenvalue weighted by atomic mass is 10.1. The van der Waals surface area contributed by atoms with Crippen LogP contribution in [0.3, 0.4) is 0 Å². The molecule has 104 valence electrons. The van der Waals surface area contributed by atoms with Crippen molar-refractivity contribution >= 4 is 26.0 Å². The Labute approximate surface area is 122 Å². The van der Waals surface area contributed by atoms with Gasteiger partial charge in [0.05, 0.1) is 4.90 Å². The molecule has 0 saturated heterocycles. The number of benzene rings is 1. The molecule has 0 saturated carbocycles. The van der Waals surface area contributed by atoms with Crippen molar-refractivity contribution in [3.8, 4) is 0 Å². The van der Waals surface area contributed by atoms with Crippen LogP contribution in [0.2, 0.25) is 0 Å². The van der Waals surface area contributed by atoms with Crippen LogP contribution in [0.25, 0.3) is 0 Å². The Morgan fingerprint density at radius 3 is 2.79 bits per heavy atom. The third-order valence-electron chi connectivity index (χ3n) is 2.97. The summed E-state index contributed by atoms with van der Waals surface area (Å²) in [4.78, 5) is 0.300. The number of hydrogen-bond donors (Lipinski definition) is 2. The van der Waals surface area contributed by atoms with Gasteiger partial charge >= 0.3 is 0 Å². The second-order valence-electron chi connectivity index (χ2n) is 4.61. The van der Waals surface area contributed by atoms with Crippen molar-refractivity contribution in [3.05, 3.63) is 39.9 Å². The Bertz CT molecular complexity index is 576. The predicted molar refractivity (Wildman–Crippen MR) is 79.6 cm³/mol. The second kappa shape index (κ2) is 6.17. The minimum atomic E-state index is -3.45. The first-order chi connectivity index (χ1) is 8.97. The van der Waals surface area contributed by atoms with Crippen LogP contribution >= 0.6 is 15.9 Å². The highest BCUT2D eigenvalue weighted by atomic mass is 79.9. The van der Waals surface area contributed by atoms with Crippen LogP contribution in [-0.2, 0) is 10.0 Å². The van der Waals surface area contributed by atoms with Crippen molar-refractivity contribution < 1.29 is 8.42 Å². The summed E-state index contributed by atoms with van der Waals surface area (Å²) in [5.41, 5.74) is 2.05. The lowest BCUT2D eigenvalue weighted by Gasteiger charge is -2.15. The molecule has 0 radical (unpaired) electrons. The van der Waals surface area contributed by atoms with Gasteiger partial charge in [-0.05, 0) is 43.7 Å². The minimum Gasteiger partial charge on any atom is -0.313 e. The van der Waals surface area contributed by atoms with Crippen LogP contribution < -0.4 is 10.0 Å². The standard InChI is InChI=1S/C13H17BrN2O2S/c1-10-6-12(14)8-13(7-10)19(17,18)16-9-11-2-4-15-5-3-11/h2,6-8,15-16H,3-5,9H2,1H3. The van der Waals surface area contributed by atoms with Crippen molar-refractivity contribution in [2.75, 3.05) is 19.6 Å². The maximum absolute atomic E-state index is 12.2. The summed E-state index contributed by atoms with van der Waals surface area (Å²) in [6, 6.07) is 5.17. The Morgan fingerprint density at radius 2 is 2.16 bits per heavy atom. The Kier molecular flexibility index (Phi) is 4.78. The third kappa shape index (κ3) is 4.14. The number of sulfonamides is 1. The van der Waals surface area contributed by atoms with E-state index in [9.17, 15) is 8.42 Å². The molecule has 19 heavy (non-hydrogen) atoms. The molecule has 2 rings (SSSR count). The topological polar surface area (TPSA) is 58.2 Å². The van der Waals surface area contributed by atoms with E-state index in [0.717, 1.165) is 35.1 Å². The molecule has 2 N–H and O–H groups in total. The molecule has 0 fully saturated rings. The van der Waals surface area contributed by atoms with Gasteiger partial charge in [0.15, 0.2) is 0 Å². The molecule has 0 bridgehead atoms. The quantitative estimate of drug-likeness (QED) is 0.821. The van der Waals surface area contributed by atoms with E-state index in [4.69, 9.17) is 0 Å². The zero-order valence-corrected chi connectivity index (χ0v) is 13.1. The van der Waals surface area contributed by atoms with Gasteiger partial charge in [-0.25, -0.2) is 13.1 Å². The Balaban J connectivity index is 2.11. The summed E-state index contributed by atoms with van der Waals surface area (Å²) in [5, 5.41) is 3.20. The summed E-state index contributed by atoms with van der Waals surface area (Å²) < 4.78 is 27.8. The van der Waals surface area contributed by atoms with Crippen LogP contribution in [0.5, 0.6) is 0 Å². The van der Waals surface area contributed by atoms with E-state index in [1.807, 2.05) is 19.1 Å². The molecular weight excluding hydrogens is 328 g/mol. The fourth-order valence-electron chi connectivity index (χ4n) is 1.96. The first-order valence-electron chi connectivity index (χ1n) is 6.13. The molecular formula is C13H17BrN2O2S. The number of halogens is 1. The first kappa shape index (κ1) is 14.7. The molecule has 1 heterocycles. The summed E-state index contributed by atoms with van der Waals surface area (Å²) in [5.74, 6) is 0. The van der Waals surface area contributed by atoms with Gasteiger partial charge < -0.3 is 5.32 Å². The molecule has 0 unspecified atom stereocenters. The molecule has 0 aromatic heterocycles. The lowest BCUT2D eigenvalue weighted by Crippen LogP contribution is -2.29. The Hall–Kier alpha value is -0.690.